The fraction of sp³-hybridized carbons (Fsp3) is 0.571. The number of hydrogen-bond donors (Lipinski definition) is 3. The number of rotatable bonds is 4. The molecule has 1 aromatic carbocycles. The Hall–Kier alpha value is -0.970. The number of ether oxygens (including phenoxy) is 1. The fourth-order valence-corrected chi connectivity index (χ4v) is 2.75. The van der Waals surface area contributed by atoms with E-state index in [1.807, 2.05) is 0 Å². The van der Waals surface area contributed by atoms with Gasteiger partial charge in [0, 0.05) is 11.6 Å². The molecule has 108 valence electrons. The summed E-state index contributed by atoms with van der Waals surface area (Å²) in [5.74, 6) is 0.941. The number of phenolic OH excluding ortho intramolecular Hbond substituents is 1. The van der Waals surface area contributed by atoms with E-state index in [0.717, 1.165) is 18.4 Å². The average molecular weight is 288 g/mol. The largest absolute Gasteiger partial charge is 0.508 e. The Balaban J connectivity index is 0.00000180. The van der Waals surface area contributed by atoms with Crippen molar-refractivity contribution in [3.63, 3.8) is 0 Å². The summed E-state index contributed by atoms with van der Waals surface area (Å²) >= 11 is 0. The molecule has 1 saturated carbocycles. The van der Waals surface area contributed by atoms with E-state index in [1.165, 1.54) is 26.0 Å². The van der Waals surface area contributed by atoms with E-state index in [2.05, 4.69) is 0 Å². The molecule has 1 fully saturated rings. The zero-order valence-electron chi connectivity index (χ0n) is 11.1. The summed E-state index contributed by atoms with van der Waals surface area (Å²) in [6.45, 7) is 0. The molecule has 0 heterocycles. The lowest BCUT2D eigenvalue weighted by molar-refractivity contribution is 0.0836. The minimum absolute atomic E-state index is 0. The zero-order valence-corrected chi connectivity index (χ0v) is 11.9. The predicted molar refractivity (Wildman–Crippen MR) is 76.8 cm³/mol. The van der Waals surface area contributed by atoms with E-state index in [-0.39, 0.29) is 24.1 Å². The van der Waals surface area contributed by atoms with Crippen LogP contribution in [0.15, 0.2) is 18.2 Å². The molecule has 1 aliphatic carbocycles. The van der Waals surface area contributed by atoms with Gasteiger partial charge in [-0.25, -0.2) is 0 Å². The molecule has 4 N–H and O–H groups in total. The first-order valence-electron chi connectivity index (χ1n) is 6.44. The molecule has 0 radical (unpaired) electrons. The van der Waals surface area contributed by atoms with Crippen LogP contribution in [0.3, 0.4) is 0 Å². The summed E-state index contributed by atoms with van der Waals surface area (Å²) in [6.07, 6.45) is 3.86. The highest BCUT2D eigenvalue weighted by molar-refractivity contribution is 5.85. The third-order valence-electron chi connectivity index (χ3n) is 3.83. The number of aromatic hydroxyl groups is 1. The molecule has 1 aromatic rings. The van der Waals surface area contributed by atoms with Crippen LogP contribution in [-0.4, -0.2) is 23.4 Å². The van der Waals surface area contributed by atoms with Gasteiger partial charge in [-0.05, 0) is 30.9 Å². The Kier molecular flexibility index (Phi) is 5.91. The van der Waals surface area contributed by atoms with Gasteiger partial charge >= 0.3 is 0 Å². The van der Waals surface area contributed by atoms with Gasteiger partial charge in [-0.2, -0.15) is 0 Å². The van der Waals surface area contributed by atoms with Gasteiger partial charge in [0.05, 0.1) is 19.3 Å². The lowest BCUT2D eigenvalue weighted by atomic mass is 9.90. The molecule has 0 aliphatic heterocycles. The number of nitrogens with two attached hydrogens (primary N) is 1. The van der Waals surface area contributed by atoms with E-state index in [1.54, 1.807) is 12.1 Å². The molecule has 0 aromatic heterocycles. The number of methoxy groups -OCH3 is 1. The summed E-state index contributed by atoms with van der Waals surface area (Å²) in [5, 5.41) is 19.7. The van der Waals surface area contributed by atoms with Crippen molar-refractivity contribution in [1.82, 2.24) is 0 Å². The molecule has 0 saturated heterocycles. The minimum atomic E-state index is -0.550. The van der Waals surface area contributed by atoms with E-state index in [4.69, 9.17) is 10.5 Å². The van der Waals surface area contributed by atoms with Gasteiger partial charge in [-0.3, -0.25) is 0 Å². The number of hydrogen-bond acceptors (Lipinski definition) is 4. The van der Waals surface area contributed by atoms with Crippen LogP contribution < -0.4 is 10.5 Å². The maximum atomic E-state index is 10.3. The molecular formula is C14H22ClNO3. The minimum Gasteiger partial charge on any atom is -0.508 e. The highest BCUT2D eigenvalue weighted by atomic mass is 35.5. The standard InChI is InChI=1S/C14H21NO3.ClH/c1-18-12-8-10(16)6-7-11(12)13(15)14(17)9-4-2-3-5-9;/h6-9,13-14,16-17H,2-5,15H2,1H3;1H/t13-,14+;/m0./s1. The highest BCUT2D eigenvalue weighted by Crippen LogP contribution is 2.36. The van der Waals surface area contributed by atoms with Crippen molar-refractivity contribution in [2.45, 2.75) is 37.8 Å². The van der Waals surface area contributed by atoms with E-state index >= 15 is 0 Å². The average Bonchev–Trinajstić information content (AvgIpc) is 2.90. The van der Waals surface area contributed by atoms with E-state index in [0.29, 0.717) is 5.75 Å². The van der Waals surface area contributed by atoms with Crippen molar-refractivity contribution in [2.75, 3.05) is 7.11 Å². The highest BCUT2D eigenvalue weighted by Gasteiger charge is 2.30. The summed E-state index contributed by atoms with van der Waals surface area (Å²) < 4.78 is 5.21. The molecule has 0 amide bonds. The van der Waals surface area contributed by atoms with Gasteiger partial charge in [-0.15, -0.1) is 12.4 Å². The van der Waals surface area contributed by atoms with Crippen molar-refractivity contribution in [2.24, 2.45) is 11.7 Å². The SMILES string of the molecule is COc1cc(O)ccc1[C@H](N)[C@H](O)C1CCCC1.Cl. The molecule has 1 aliphatic rings. The maximum absolute atomic E-state index is 10.3. The van der Waals surface area contributed by atoms with Gasteiger partial charge in [0.1, 0.15) is 11.5 Å². The second kappa shape index (κ2) is 6.98. The van der Waals surface area contributed by atoms with Crippen molar-refractivity contribution in [3.8, 4) is 11.5 Å². The van der Waals surface area contributed by atoms with E-state index < -0.39 is 12.1 Å². The van der Waals surface area contributed by atoms with Crippen molar-refractivity contribution in [1.29, 1.82) is 0 Å². The van der Waals surface area contributed by atoms with Crippen LogP contribution in [0.25, 0.3) is 0 Å². The summed E-state index contributed by atoms with van der Waals surface area (Å²) in [4.78, 5) is 0. The first-order chi connectivity index (χ1) is 8.63. The number of aliphatic hydroxyl groups excluding tert-OH is 1. The van der Waals surface area contributed by atoms with Gasteiger partial charge in [0.2, 0.25) is 0 Å². The first kappa shape index (κ1) is 16.1. The van der Waals surface area contributed by atoms with Gasteiger partial charge in [0.15, 0.2) is 0 Å². The lowest BCUT2D eigenvalue weighted by Crippen LogP contribution is -2.32. The van der Waals surface area contributed by atoms with Gasteiger partial charge in [-0.1, -0.05) is 12.8 Å². The van der Waals surface area contributed by atoms with Crippen LogP contribution in [0.1, 0.15) is 37.3 Å². The zero-order chi connectivity index (χ0) is 13.1. The second-order valence-electron chi connectivity index (χ2n) is 4.99. The Morgan fingerprint density at radius 1 is 1.32 bits per heavy atom. The lowest BCUT2D eigenvalue weighted by Gasteiger charge is -2.25. The summed E-state index contributed by atoms with van der Waals surface area (Å²) in [6, 6.07) is 4.34. The van der Waals surface area contributed by atoms with Gasteiger partial charge in [0.25, 0.3) is 0 Å². The Labute approximate surface area is 120 Å². The Morgan fingerprint density at radius 3 is 2.53 bits per heavy atom. The topological polar surface area (TPSA) is 75.7 Å². The Bertz CT molecular complexity index is 408. The molecular weight excluding hydrogens is 266 g/mol. The normalized spacial score (nSPS) is 18.7. The number of halogens is 1. The molecule has 2 rings (SSSR count). The number of phenols is 1. The maximum Gasteiger partial charge on any atom is 0.127 e. The fourth-order valence-electron chi connectivity index (χ4n) is 2.75. The molecule has 0 bridgehead atoms. The Morgan fingerprint density at radius 2 is 1.95 bits per heavy atom. The van der Waals surface area contributed by atoms with Crippen LogP contribution in [0.4, 0.5) is 0 Å². The van der Waals surface area contributed by atoms with Crippen LogP contribution >= 0.6 is 12.4 Å². The molecule has 4 nitrogen and oxygen atoms in total. The van der Waals surface area contributed by atoms with Crippen LogP contribution in [-0.2, 0) is 0 Å². The third kappa shape index (κ3) is 3.53. The number of aliphatic hydroxyl groups is 1. The van der Waals surface area contributed by atoms with Crippen LogP contribution in [0.5, 0.6) is 11.5 Å². The van der Waals surface area contributed by atoms with Crippen molar-refractivity contribution in [3.05, 3.63) is 23.8 Å². The quantitative estimate of drug-likeness (QED) is 0.795. The molecule has 0 unspecified atom stereocenters. The smallest absolute Gasteiger partial charge is 0.127 e. The predicted octanol–water partition coefficient (Wildman–Crippen LogP) is 2.37. The van der Waals surface area contributed by atoms with Crippen molar-refractivity contribution >= 4 is 12.4 Å². The summed E-state index contributed by atoms with van der Waals surface area (Å²) in [5.41, 5.74) is 6.88. The van der Waals surface area contributed by atoms with E-state index in [9.17, 15) is 10.2 Å². The third-order valence-corrected chi connectivity index (χ3v) is 3.83. The molecule has 5 heteroatoms. The molecule has 19 heavy (non-hydrogen) atoms. The van der Waals surface area contributed by atoms with Crippen LogP contribution in [0, 0.1) is 5.92 Å². The number of benzene rings is 1. The van der Waals surface area contributed by atoms with Gasteiger partial charge < -0.3 is 20.7 Å². The summed E-state index contributed by atoms with van der Waals surface area (Å²) in [7, 11) is 1.53. The van der Waals surface area contributed by atoms with Crippen molar-refractivity contribution < 1.29 is 14.9 Å². The second-order valence-corrected chi connectivity index (χ2v) is 4.99. The van der Waals surface area contributed by atoms with Crippen LogP contribution in [0.2, 0.25) is 0 Å². The molecule has 2 atom stereocenters. The molecule has 0 spiro atoms. The monoisotopic (exact) mass is 287 g/mol. The first-order valence-corrected chi connectivity index (χ1v) is 6.44.